The summed E-state index contributed by atoms with van der Waals surface area (Å²) in [7, 11) is 0. The number of hydrogen-bond donors (Lipinski definition) is 1. The highest BCUT2D eigenvalue weighted by Gasteiger charge is 2.52. The van der Waals surface area contributed by atoms with E-state index >= 15 is 0 Å². The third-order valence-electron chi connectivity index (χ3n) is 8.16. The maximum atomic E-state index is 11.8. The van der Waals surface area contributed by atoms with Crippen molar-refractivity contribution in [1.29, 1.82) is 0 Å². The molecule has 2 fully saturated rings. The third-order valence-corrected chi connectivity index (χ3v) is 9.53. The molecule has 6 nitrogen and oxygen atoms in total. The molecule has 7 heteroatoms. The van der Waals surface area contributed by atoms with E-state index in [9.17, 15) is 4.79 Å². The summed E-state index contributed by atoms with van der Waals surface area (Å²) < 4.78 is 1.88. The normalized spacial score (nSPS) is 23.1. The van der Waals surface area contributed by atoms with Crippen molar-refractivity contribution >= 4 is 33.0 Å². The minimum absolute atomic E-state index is 0.261. The number of fused-ring (bicyclic) bond motifs is 2. The number of aromatic nitrogens is 4. The van der Waals surface area contributed by atoms with E-state index in [-0.39, 0.29) is 5.54 Å². The molecule has 34 heavy (non-hydrogen) atoms. The molecule has 1 saturated heterocycles. The molecule has 1 spiro atoms. The van der Waals surface area contributed by atoms with Crippen LogP contribution in [0, 0.1) is 13.8 Å². The molecule has 178 valence electrons. The second kappa shape index (κ2) is 7.75. The lowest BCUT2D eigenvalue weighted by Crippen LogP contribution is -2.53. The molecule has 0 radical (unpaired) electrons. The van der Waals surface area contributed by atoms with Gasteiger partial charge in [-0.3, -0.25) is 9.69 Å². The Bertz CT molecular complexity index is 1420. The van der Waals surface area contributed by atoms with Crippen molar-refractivity contribution in [1.82, 2.24) is 24.5 Å². The van der Waals surface area contributed by atoms with Crippen LogP contribution in [0.5, 0.6) is 0 Å². The Morgan fingerprint density at radius 1 is 1.32 bits per heavy atom. The number of nitrogens with one attached hydrogen (secondary N) is 1. The van der Waals surface area contributed by atoms with E-state index in [0.29, 0.717) is 24.2 Å². The van der Waals surface area contributed by atoms with Crippen molar-refractivity contribution in [3.63, 3.8) is 0 Å². The van der Waals surface area contributed by atoms with Crippen molar-refractivity contribution in [2.24, 2.45) is 0 Å². The Labute approximate surface area is 204 Å². The lowest BCUT2D eigenvalue weighted by Gasteiger charge is -2.51. The molecule has 0 aromatic carbocycles. The molecular weight excluding hydrogens is 442 g/mol. The summed E-state index contributed by atoms with van der Waals surface area (Å²) >= 11 is 1.95. The molecule has 2 aliphatic rings. The van der Waals surface area contributed by atoms with Gasteiger partial charge in [0.15, 0.2) is 5.65 Å². The van der Waals surface area contributed by atoms with Gasteiger partial charge in [0.1, 0.15) is 16.9 Å². The number of hydrogen-bond acceptors (Lipinski definition) is 5. The van der Waals surface area contributed by atoms with Gasteiger partial charge in [-0.1, -0.05) is 13.8 Å². The highest BCUT2D eigenvalue weighted by atomic mass is 32.1. The molecular formula is C27H33N5OS. The van der Waals surface area contributed by atoms with E-state index < -0.39 is 0 Å². The van der Waals surface area contributed by atoms with Crippen LogP contribution in [0.25, 0.3) is 27.1 Å². The molecule has 0 amide bonds. The van der Waals surface area contributed by atoms with Crippen LogP contribution in [0.15, 0.2) is 18.6 Å². The number of aryl methyl sites for hydroxylation is 2. The van der Waals surface area contributed by atoms with Gasteiger partial charge in [-0.25, -0.2) is 9.50 Å². The lowest BCUT2D eigenvalue weighted by atomic mass is 9.65. The maximum absolute atomic E-state index is 11.8. The van der Waals surface area contributed by atoms with Gasteiger partial charge in [0.05, 0.1) is 12.2 Å². The molecule has 5 heterocycles. The quantitative estimate of drug-likeness (QED) is 0.386. The summed E-state index contributed by atoms with van der Waals surface area (Å²) in [5, 5.41) is 5.79. The Hall–Kier alpha value is -2.51. The third kappa shape index (κ3) is 3.20. The standard InChI is InChI=1S/C27H33N5OS/c1-15(2)21-22-18(5)24(20-10-27(11-20)7-6-8-31(27)12-17(4)33)34-26(22)30-23(21)19-9-16(3)25-28-14-29-32(25)13-19/h9,13-15,20,30H,6-8,10-12H2,1-5H3. The van der Waals surface area contributed by atoms with E-state index in [4.69, 9.17) is 0 Å². The van der Waals surface area contributed by atoms with Crippen LogP contribution in [0.3, 0.4) is 0 Å². The fourth-order valence-corrected chi connectivity index (χ4v) is 8.02. The fourth-order valence-electron chi connectivity index (χ4n) is 6.69. The van der Waals surface area contributed by atoms with Crippen LogP contribution in [0.2, 0.25) is 0 Å². The van der Waals surface area contributed by atoms with Gasteiger partial charge in [-0.05, 0) is 87.6 Å². The summed E-state index contributed by atoms with van der Waals surface area (Å²) in [6.07, 6.45) is 8.55. The van der Waals surface area contributed by atoms with Crippen molar-refractivity contribution in [2.75, 3.05) is 13.1 Å². The van der Waals surface area contributed by atoms with Gasteiger partial charge in [0, 0.05) is 27.6 Å². The number of ketones is 1. The van der Waals surface area contributed by atoms with E-state index in [1.807, 2.05) is 15.9 Å². The summed E-state index contributed by atoms with van der Waals surface area (Å²) in [5.74, 6) is 1.31. The number of thiophene rings is 1. The second-order valence-electron chi connectivity index (χ2n) is 10.9. The van der Waals surface area contributed by atoms with Crippen LogP contribution in [-0.4, -0.2) is 48.9 Å². The zero-order valence-electron chi connectivity index (χ0n) is 20.7. The van der Waals surface area contributed by atoms with Crippen LogP contribution in [-0.2, 0) is 4.79 Å². The topological polar surface area (TPSA) is 66.3 Å². The second-order valence-corrected chi connectivity index (χ2v) is 11.9. The molecule has 4 aromatic rings. The van der Waals surface area contributed by atoms with Crippen LogP contribution < -0.4 is 0 Å². The number of Topliss-reactive ketones (excluding diaryl/α,β-unsaturated/α-hetero) is 1. The number of aromatic amines is 1. The van der Waals surface area contributed by atoms with Crippen molar-refractivity contribution in [3.8, 4) is 11.3 Å². The molecule has 0 atom stereocenters. The number of H-pyrrole nitrogens is 1. The van der Waals surface area contributed by atoms with Crippen LogP contribution in [0.4, 0.5) is 0 Å². The average Bonchev–Trinajstić information content (AvgIpc) is 3.50. The van der Waals surface area contributed by atoms with Gasteiger partial charge in [-0.2, -0.15) is 5.10 Å². The van der Waals surface area contributed by atoms with Crippen LogP contribution in [0.1, 0.15) is 79.9 Å². The Balaban J connectivity index is 1.37. The molecule has 6 rings (SSSR count). The predicted molar refractivity (Wildman–Crippen MR) is 138 cm³/mol. The molecule has 1 saturated carbocycles. The molecule has 0 bridgehead atoms. The minimum atomic E-state index is 0.261. The van der Waals surface area contributed by atoms with Crippen molar-refractivity contribution in [3.05, 3.63) is 40.2 Å². The van der Waals surface area contributed by atoms with E-state index in [2.05, 4.69) is 59.9 Å². The first-order chi connectivity index (χ1) is 16.3. The van der Waals surface area contributed by atoms with E-state index in [0.717, 1.165) is 23.3 Å². The van der Waals surface area contributed by atoms with E-state index in [1.165, 1.54) is 57.6 Å². The number of carbonyl (C=O) groups is 1. The van der Waals surface area contributed by atoms with Crippen molar-refractivity contribution < 1.29 is 4.79 Å². The first-order valence-electron chi connectivity index (χ1n) is 12.5. The zero-order chi connectivity index (χ0) is 23.8. The molecule has 0 unspecified atom stereocenters. The van der Waals surface area contributed by atoms with Gasteiger partial charge in [0.2, 0.25) is 0 Å². The first kappa shape index (κ1) is 22.0. The largest absolute Gasteiger partial charge is 0.346 e. The Kier molecular flexibility index (Phi) is 5.01. The Morgan fingerprint density at radius 3 is 2.85 bits per heavy atom. The summed E-state index contributed by atoms with van der Waals surface area (Å²) in [6.45, 7) is 12.4. The highest BCUT2D eigenvalue weighted by Crippen LogP contribution is 2.56. The lowest BCUT2D eigenvalue weighted by molar-refractivity contribution is -0.120. The molecule has 1 N–H and O–H groups in total. The van der Waals surface area contributed by atoms with Crippen molar-refractivity contribution in [2.45, 2.75) is 77.7 Å². The highest BCUT2D eigenvalue weighted by molar-refractivity contribution is 7.19. The van der Waals surface area contributed by atoms with E-state index in [1.54, 1.807) is 13.3 Å². The van der Waals surface area contributed by atoms with Gasteiger partial charge in [0.25, 0.3) is 0 Å². The fraction of sp³-hybridized carbons (Fsp3) is 0.519. The molecule has 4 aromatic heterocycles. The Morgan fingerprint density at radius 2 is 2.12 bits per heavy atom. The smallest absolute Gasteiger partial charge is 0.158 e. The SMILES string of the molecule is CC(=O)CN1CCCC12CC(c1sc3[nH]c(-c4cc(C)c5ncnn5c4)c(C(C)C)c3c1C)C2. The number of nitrogens with zero attached hydrogens (tertiary/aromatic N) is 4. The minimum Gasteiger partial charge on any atom is -0.346 e. The molecule has 1 aliphatic heterocycles. The number of carbonyl (C=O) groups excluding carboxylic acids is 1. The molecule has 1 aliphatic carbocycles. The zero-order valence-corrected chi connectivity index (χ0v) is 21.6. The summed E-state index contributed by atoms with van der Waals surface area (Å²) in [5.41, 5.74) is 7.52. The number of pyridine rings is 1. The summed E-state index contributed by atoms with van der Waals surface area (Å²) in [6, 6.07) is 2.22. The number of likely N-dealkylation sites (tertiary alicyclic amines) is 1. The average molecular weight is 476 g/mol. The summed E-state index contributed by atoms with van der Waals surface area (Å²) in [4.78, 5) is 25.3. The number of rotatable bonds is 5. The predicted octanol–water partition coefficient (Wildman–Crippen LogP) is 5.98. The maximum Gasteiger partial charge on any atom is 0.158 e. The van der Waals surface area contributed by atoms with Crippen LogP contribution >= 0.6 is 11.3 Å². The first-order valence-corrected chi connectivity index (χ1v) is 13.3. The van der Waals surface area contributed by atoms with Gasteiger partial charge < -0.3 is 4.98 Å². The van der Waals surface area contributed by atoms with Gasteiger partial charge in [-0.15, -0.1) is 11.3 Å². The monoisotopic (exact) mass is 475 g/mol. The van der Waals surface area contributed by atoms with Gasteiger partial charge >= 0.3 is 0 Å².